The normalized spacial score (nSPS) is 45.5. The van der Waals surface area contributed by atoms with Gasteiger partial charge in [0.2, 0.25) is 0 Å². The van der Waals surface area contributed by atoms with E-state index in [1.165, 1.54) is 0 Å². The van der Waals surface area contributed by atoms with Crippen LogP contribution in [0.15, 0.2) is 0 Å². The maximum atomic E-state index is 9.18. The first-order valence-electron chi connectivity index (χ1n) is 3.54. The predicted octanol–water partition coefficient (Wildman–Crippen LogP) is -2.67. The molecule has 0 aromatic carbocycles. The van der Waals surface area contributed by atoms with Gasteiger partial charge in [0.1, 0.15) is 18.3 Å². The molecule has 1 heterocycles. The molecule has 1 unspecified atom stereocenters. The van der Waals surface area contributed by atoms with E-state index in [9.17, 15) is 5.11 Å². The van der Waals surface area contributed by atoms with E-state index in [-0.39, 0.29) is 22.4 Å². The summed E-state index contributed by atoms with van der Waals surface area (Å²) >= 11 is 4.63. The standard InChI is InChI=1S/C6H12O5S.Au/c7-1-2-3(8)4(9)5(10)6(12)11-2;/h2-10,12H,1H2;/q;+1/p-1/t2-,3-,4+,5-,6?;/m1./s1. The number of hydrogen-bond acceptors (Lipinski definition) is 6. The Morgan fingerprint density at radius 2 is 1.62 bits per heavy atom. The molecule has 0 radical (unpaired) electrons. The van der Waals surface area contributed by atoms with Crippen LogP contribution in [0.3, 0.4) is 0 Å². The van der Waals surface area contributed by atoms with Crippen LogP contribution in [0.2, 0.25) is 0 Å². The van der Waals surface area contributed by atoms with E-state index in [1.54, 1.807) is 0 Å². The van der Waals surface area contributed by atoms with Crippen molar-refractivity contribution < 1.29 is 47.5 Å². The first-order valence-corrected chi connectivity index (χ1v) is 4.01. The Morgan fingerprint density at radius 1 is 1.08 bits per heavy atom. The second kappa shape index (κ2) is 5.69. The second-order valence-corrected chi connectivity index (χ2v) is 3.16. The number of aliphatic hydroxyl groups excluding tert-OH is 4. The van der Waals surface area contributed by atoms with Crippen molar-refractivity contribution >= 4 is 12.6 Å². The van der Waals surface area contributed by atoms with E-state index >= 15 is 0 Å². The van der Waals surface area contributed by atoms with Gasteiger partial charge in [-0.2, -0.15) is 0 Å². The molecule has 0 saturated carbocycles. The molecule has 0 aromatic heterocycles. The van der Waals surface area contributed by atoms with E-state index in [4.69, 9.17) is 20.1 Å². The Morgan fingerprint density at radius 3 is 2.08 bits per heavy atom. The van der Waals surface area contributed by atoms with E-state index in [1.807, 2.05) is 0 Å². The summed E-state index contributed by atoms with van der Waals surface area (Å²) in [5.41, 5.74) is -0.986. The maximum Gasteiger partial charge on any atom is 1.00 e. The number of rotatable bonds is 1. The van der Waals surface area contributed by atoms with Crippen LogP contribution in [0.1, 0.15) is 0 Å². The summed E-state index contributed by atoms with van der Waals surface area (Å²) in [4.78, 5) is 0. The van der Waals surface area contributed by atoms with Gasteiger partial charge in [0.25, 0.3) is 0 Å². The van der Waals surface area contributed by atoms with Gasteiger partial charge in [-0.1, -0.05) is 0 Å². The molecule has 0 aromatic rings. The zero-order valence-corrected chi connectivity index (χ0v) is 9.48. The molecule has 82 valence electrons. The van der Waals surface area contributed by atoms with Crippen LogP contribution in [0.5, 0.6) is 0 Å². The largest absolute Gasteiger partial charge is 1.00 e. The van der Waals surface area contributed by atoms with Crippen LogP contribution in [-0.2, 0) is 39.7 Å². The molecule has 4 N–H and O–H groups in total. The summed E-state index contributed by atoms with van der Waals surface area (Å²) in [6, 6.07) is 0. The summed E-state index contributed by atoms with van der Waals surface area (Å²) < 4.78 is 4.84. The first kappa shape index (κ1) is 13.9. The Balaban J connectivity index is 0.00000144. The minimum Gasteiger partial charge on any atom is -0.759 e. The molecule has 0 bridgehead atoms. The molecule has 1 aliphatic heterocycles. The maximum absolute atomic E-state index is 9.18. The number of hydrogen-bond donors (Lipinski definition) is 4. The van der Waals surface area contributed by atoms with Crippen molar-refractivity contribution in [3.8, 4) is 0 Å². The fourth-order valence-corrected chi connectivity index (χ4v) is 1.37. The Hall–Kier alpha value is 0.890. The SMILES string of the molecule is OC[C@H]1OC([S-])[C@H](O)[C@@H](O)[C@@H]1O.[Au+]. The van der Waals surface area contributed by atoms with E-state index < -0.39 is 36.5 Å². The average Bonchev–Trinajstić information content (AvgIpc) is 2.08. The topological polar surface area (TPSA) is 90.2 Å². The fourth-order valence-electron chi connectivity index (χ4n) is 1.07. The van der Waals surface area contributed by atoms with Crippen molar-refractivity contribution in [3.05, 3.63) is 0 Å². The molecule has 1 fully saturated rings. The average molecular weight is 392 g/mol. The van der Waals surface area contributed by atoms with Gasteiger partial charge in [-0.25, -0.2) is 0 Å². The summed E-state index contributed by atoms with van der Waals surface area (Å²) in [5.74, 6) is 0. The summed E-state index contributed by atoms with van der Waals surface area (Å²) in [6.07, 6.45) is -4.83. The van der Waals surface area contributed by atoms with Gasteiger partial charge in [-0.05, 0) is 5.44 Å². The predicted molar refractivity (Wildman–Crippen MR) is 41.1 cm³/mol. The third-order valence-electron chi connectivity index (χ3n) is 1.85. The quantitative estimate of drug-likeness (QED) is 0.288. The smallest absolute Gasteiger partial charge is 0.759 e. The molecule has 1 saturated heterocycles. The Labute approximate surface area is 96.6 Å². The molecule has 0 amide bonds. The van der Waals surface area contributed by atoms with Crippen molar-refractivity contribution in [1.29, 1.82) is 0 Å². The van der Waals surface area contributed by atoms with Gasteiger partial charge < -0.3 is 37.8 Å². The molecule has 5 nitrogen and oxygen atoms in total. The summed E-state index contributed by atoms with van der Waals surface area (Å²) in [6.45, 7) is -0.432. The third kappa shape index (κ3) is 2.92. The number of aliphatic hydroxyl groups is 4. The van der Waals surface area contributed by atoms with Crippen molar-refractivity contribution in [2.24, 2.45) is 0 Å². The third-order valence-corrected chi connectivity index (χ3v) is 2.24. The van der Waals surface area contributed by atoms with Crippen molar-refractivity contribution in [2.75, 3.05) is 6.61 Å². The summed E-state index contributed by atoms with van der Waals surface area (Å²) in [5, 5.41) is 36.1. The van der Waals surface area contributed by atoms with Crippen LogP contribution in [-0.4, -0.2) is 56.9 Å². The van der Waals surface area contributed by atoms with Crippen molar-refractivity contribution in [2.45, 2.75) is 29.9 Å². The molecule has 1 aliphatic rings. The van der Waals surface area contributed by atoms with Crippen LogP contribution < -0.4 is 0 Å². The Bertz CT molecular complexity index is 155. The van der Waals surface area contributed by atoms with Crippen LogP contribution in [0.25, 0.3) is 0 Å². The molecule has 0 spiro atoms. The zero-order valence-electron chi connectivity index (χ0n) is 6.50. The molecule has 7 heteroatoms. The molecule has 5 atom stereocenters. The van der Waals surface area contributed by atoms with E-state index in [0.717, 1.165) is 0 Å². The monoisotopic (exact) mass is 392 g/mol. The number of ether oxygens (including phenoxy) is 1. The van der Waals surface area contributed by atoms with Crippen LogP contribution >= 0.6 is 0 Å². The van der Waals surface area contributed by atoms with Gasteiger partial charge >= 0.3 is 22.4 Å². The molecular formula is C6H11AuO5S. The fraction of sp³-hybridized carbons (Fsp3) is 1.00. The minimum atomic E-state index is -1.35. The zero-order chi connectivity index (χ0) is 9.30. The summed E-state index contributed by atoms with van der Waals surface area (Å²) in [7, 11) is 0. The molecular weight excluding hydrogens is 381 g/mol. The van der Waals surface area contributed by atoms with Crippen LogP contribution in [0, 0.1) is 0 Å². The molecule has 1 rings (SSSR count). The minimum absolute atomic E-state index is 0. The van der Waals surface area contributed by atoms with Gasteiger partial charge in [0.15, 0.2) is 0 Å². The van der Waals surface area contributed by atoms with Gasteiger partial charge in [0.05, 0.1) is 12.7 Å². The molecule has 0 aliphatic carbocycles. The van der Waals surface area contributed by atoms with E-state index in [2.05, 4.69) is 12.6 Å². The first-order chi connectivity index (χ1) is 5.57. The second-order valence-electron chi connectivity index (χ2n) is 2.70. The van der Waals surface area contributed by atoms with Gasteiger partial charge in [0, 0.05) is 0 Å². The van der Waals surface area contributed by atoms with Crippen molar-refractivity contribution in [1.82, 2.24) is 0 Å². The van der Waals surface area contributed by atoms with Crippen molar-refractivity contribution in [3.63, 3.8) is 0 Å². The molecule has 13 heavy (non-hydrogen) atoms. The van der Waals surface area contributed by atoms with Gasteiger partial charge in [-0.15, -0.1) is 0 Å². The van der Waals surface area contributed by atoms with E-state index in [0.29, 0.717) is 0 Å². The van der Waals surface area contributed by atoms with Gasteiger partial charge in [-0.3, -0.25) is 0 Å². The van der Waals surface area contributed by atoms with Crippen LogP contribution in [0.4, 0.5) is 0 Å². The Kier molecular flexibility index (Phi) is 6.08.